The van der Waals surface area contributed by atoms with E-state index in [0.29, 0.717) is 24.3 Å². The second kappa shape index (κ2) is 9.42. The summed E-state index contributed by atoms with van der Waals surface area (Å²) in [6, 6.07) is 13.7. The van der Waals surface area contributed by atoms with Gasteiger partial charge in [-0.15, -0.1) is 0 Å². The molecule has 0 unspecified atom stereocenters. The monoisotopic (exact) mass is 495 g/mol. The normalized spacial score (nSPS) is 14.1. The van der Waals surface area contributed by atoms with Crippen molar-refractivity contribution in [1.82, 2.24) is 15.0 Å². The number of nitrogens with one attached hydrogen (secondary N) is 1. The number of halogens is 3. The lowest BCUT2D eigenvalue weighted by Crippen LogP contribution is -2.36. The van der Waals surface area contributed by atoms with E-state index in [-0.39, 0.29) is 22.7 Å². The molecule has 1 aliphatic heterocycles. The van der Waals surface area contributed by atoms with Crippen molar-refractivity contribution in [3.05, 3.63) is 72.1 Å². The van der Waals surface area contributed by atoms with E-state index in [0.717, 1.165) is 24.8 Å². The van der Waals surface area contributed by atoms with Crippen molar-refractivity contribution in [1.29, 1.82) is 0 Å². The fraction of sp³-hybridized carbons (Fsp3) is 0.200. The Kier molecular flexibility index (Phi) is 6.15. The first-order valence-electron chi connectivity index (χ1n) is 11.1. The summed E-state index contributed by atoms with van der Waals surface area (Å²) in [6.07, 6.45) is -3.27. The molecule has 2 N–H and O–H groups in total. The number of aromatic carboxylic acids is 1. The Morgan fingerprint density at radius 2 is 1.72 bits per heavy atom. The minimum Gasteiger partial charge on any atom is -0.476 e. The zero-order valence-corrected chi connectivity index (χ0v) is 18.8. The van der Waals surface area contributed by atoms with E-state index in [1.807, 2.05) is 24.3 Å². The largest absolute Gasteiger partial charge is 0.476 e. The molecule has 1 aliphatic rings. The molecular weight excluding hydrogens is 475 g/mol. The Morgan fingerprint density at radius 1 is 1.00 bits per heavy atom. The van der Waals surface area contributed by atoms with E-state index >= 15 is 0 Å². The molecule has 4 aromatic rings. The summed E-state index contributed by atoms with van der Waals surface area (Å²) >= 11 is 0. The number of ether oxygens (including phenoxy) is 1. The number of alkyl halides is 3. The van der Waals surface area contributed by atoms with Crippen LogP contribution < -0.4 is 10.2 Å². The lowest BCUT2D eigenvalue weighted by Gasteiger charge is -2.28. The van der Waals surface area contributed by atoms with Crippen LogP contribution in [0.15, 0.2) is 60.8 Å². The lowest BCUT2D eigenvalue weighted by atomic mass is 9.97. The van der Waals surface area contributed by atoms with Crippen LogP contribution in [0.1, 0.15) is 16.1 Å². The molecule has 3 heterocycles. The minimum atomic E-state index is -4.66. The molecule has 8 nitrogen and oxygen atoms in total. The van der Waals surface area contributed by atoms with Gasteiger partial charge in [0, 0.05) is 41.6 Å². The van der Waals surface area contributed by atoms with Crippen LogP contribution in [0.4, 0.5) is 30.5 Å². The number of hydrogen-bond acceptors (Lipinski definition) is 7. The van der Waals surface area contributed by atoms with Gasteiger partial charge < -0.3 is 20.1 Å². The molecule has 0 aliphatic carbocycles. The highest BCUT2D eigenvalue weighted by Gasteiger charge is 2.34. The van der Waals surface area contributed by atoms with Gasteiger partial charge in [0.25, 0.3) is 0 Å². The number of pyridine rings is 1. The standard InChI is InChI=1S/C25H20F3N5O3/c26-25(27,28)20-4-2-1-3-18(20)19-13-15-14-29-24(32-22(15)31-21(19)23(34)35)30-16-5-7-17(8-6-16)33-9-11-36-12-10-33/h1-8,13-14H,9-12H2,(H,34,35)(H,29,30,31,32). The Hall–Kier alpha value is -4.25. The summed E-state index contributed by atoms with van der Waals surface area (Å²) in [5.41, 5.74) is -0.108. The van der Waals surface area contributed by atoms with Crippen molar-refractivity contribution < 1.29 is 27.8 Å². The van der Waals surface area contributed by atoms with Gasteiger partial charge in [0.15, 0.2) is 11.3 Å². The van der Waals surface area contributed by atoms with Crippen LogP contribution in [-0.4, -0.2) is 52.3 Å². The smallest absolute Gasteiger partial charge is 0.417 e. The van der Waals surface area contributed by atoms with Crippen LogP contribution in [0.5, 0.6) is 0 Å². The van der Waals surface area contributed by atoms with Crippen molar-refractivity contribution in [2.45, 2.75) is 6.18 Å². The van der Waals surface area contributed by atoms with Gasteiger partial charge in [0.05, 0.1) is 18.8 Å². The fourth-order valence-electron chi connectivity index (χ4n) is 4.06. The van der Waals surface area contributed by atoms with E-state index in [2.05, 4.69) is 25.2 Å². The van der Waals surface area contributed by atoms with Gasteiger partial charge in [0.2, 0.25) is 5.95 Å². The number of aromatic nitrogens is 3. The van der Waals surface area contributed by atoms with E-state index in [9.17, 15) is 23.1 Å². The molecule has 0 saturated carbocycles. The average molecular weight is 495 g/mol. The van der Waals surface area contributed by atoms with Crippen molar-refractivity contribution >= 4 is 34.3 Å². The number of rotatable bonds is 5. The zero-order chi connectivity index (χ0) is 25.3. The summed E-state index contributed by atoms with van der Waals surface area (Å²) in [6.45, 7) is 2.99. The summed E-state index contributed by atoms with van der Waals surface area (Å²) < 4.78 is 46.1. The van der Waals surface area contributed by atoms with Gasteiger partial charge in [-0.05, 0) is 42.0 Å². The third-order valence-electron chi connectivity index (χ3n) is 5.79. The number of fused-ring (bicyclic) bond motifs is 1. The van der Waals surface area contributed by atoms with Crippen LogP contribution in [-0.2, 0) is 10.9 Å². The first kappa shape index (κ1) is 23.5. The van der Waals surface area contributed by atoms with E-state index in [1.54, 1.807) is 0 Å². The molecule has 5 rings (SSSR count). The Bertz CT molecular complexity index is 1420. The molecule has 2 aromatic carbocycles. The fourth-order valence-corrected chi connectivity index (χ4v) is 4.06. The number of nitrogens with zero attached hydrogens (tertiary/aromatic N) is 4. The molecule has 184 valence electrons. The van der Waals surface area contributed by atoms with Gasteiger partial charge in [-0.25, -0.2) is 14.8 Å². The topological polar surface area (TPSA) is 100 Å². The summed E-state index contributed by atoms with van der Waals surface area (Å²) in [5.74, 6) is -1.29. The van der Waals surface area contributed by atoms with Crippen molar-refractivity contribution in [3.8, 4) is 11.1 Å². The van der Waals surface area contributed by atoms with Crippen molar-refractivity contribution in [2.24, 2.45) is 0 Å². The molecule has 0 radical (unpaired) electrons. The number of hydrogen-bond donors (Lipinski definition) is 2. The Morgan fingerprint density at radius 3 is 2.42 bits per heavy atom. The zero-order valence-electron chi connectivity index (χ0n) is 18.8. The highest BCUT2D eigenvalue weighted by Crippen LogP contribution is 2.38. The lowest BCUT2D eigenvalue weighted by molar-refractivity contribution is -0.137. The maximum absolute atomic E-state index is 13.6. The summed E-state index contributed by atoms with van der Waals surface area (Å²) in [7, 11) is 0. The molecule has 2 aromatic heterocycles. The third kappa shape index (κ3) is 4.78. The number of benzene rings is 2. The van der Waals surface area contributed by atoms with Crippen LogP contribution in [0.25, 0.3) is 22.2 Å². The number of carbonyl (C=O) groups is 1. The van der Waals surface area contributed by atoms with Crippen molar-refractivity contribution in [3.63, 3.8) is 0 Å². The van der Waals surface area contributed by atoms with Gasteiger partial charge in [-0.2, -0.15) is 18.2 Å². The number of anilines is 3. The average Bonchev–Trinajstić information content (AvgIpc) is 2.88. The first-order valence-corrected chi connectivity index (χ1v) is 11.1. The number of morpholine rings is 1. The van der Waals surface area contributed by atoms with Gasteiger partial charge >= 0.3 is 12.1 Å². The Balaban J connectivity index is 1.47. The van der Waals surface area contributed by atoms with Crippen LogP contribution in [0.3, 0.4) is 0 Å². The molecule has 11 heteroatoms. The second-order valence-corrected chi connectivity index (χ2v) is 8.11. The quantitative estimate of drug-likeness (QED) is 0.400. The highest BCUT2D eigenvalue weighted by atomic mass is 19.4. The van der Waals surface area contributed by atoms with Crippen LogP contribution in [0, 0.1) is 0 Å². The maximum atomic E-state index is 13.6. The van der Waals surface area contributed by atoms with Crippen LogP contribution in [0.2, 0.25) is 0 Å². The minimum absolute atomic E-state index is 0.0445. The first-order chi connectivity index (χ1) is 17.3. The summed E-state index contributed by atoms with van der Waals surface area (Å²) in [4.78, 5) is 26.7. The van der Waals surface area contributed by atoms with Gasteiger partial charge in [-0.1, -0.05) is 18.2 Å². The van der Waals surface area contributed by atoms with Crippen LogP contribution >= 0.6 is 0 Å². The SMILES string of the molecule is O=C(O)c1nc2nc(Nc3ccc(N4CCOCC4)cc3)ncc2cc1-c1ccccc1C(F)(F)F. The molecule has 0 amide bonds. The number of carboxylic acids is 1. The predicted molar refractivity (Wildman–Crippen MR) is 127 cm³/mol. The van der Waals surface area contributed by atoms with E-state index in [1.165, 1.54) is 30.5 Å². The Labute approximate surface area is 203 Å². The number of carboxylic acid groups (broad SMARTS) is 1. The van der Waals surface area contributed by atoms with E-state index < -0.39 is 23.4 Å². The van der Waals surface area contributed by atoms with E-state index in [4.69, 9.17) is 4.74 Å². The highest BCUT2D eigenvalue weighted by molar-refractivity contribution is 5.98. The third-order valence-corrected chi connectivity index (χ3v) is 5.79. The molecule has 0 bridgehead atoms. The molecule has 1 fully saturated rings. The molecule has 0 spiro atoms. The predicted octanol–water partition coefficient (Wildman–Crippen LogP) is 4.99. The van der Waals surface area contributed by atoms with Crippen molar-refractivity contribution in [2.75, 3.05) is 36.5 Å². The molecule has 36 heavy (non-hydrogen) atoms. The van der Waals surface area contributed by atoms with Gasteiger partial charge in [-0.3, -0.25) is 0 Å². The summed E-state index contributed by atoms with van der Waals surface area (Å²) in [5, 5.41) is 13.1. The molecule has 0 atom stereocenters. The maximum Gasteiger partial charge on any atom is 0.417 e. The second-order valence-electron chi connectivity index (χ2n) is 8.11. The van der Waals surface area contributed by atoms with Gasteiger partial charge in [0.1, 0.15) is 0 Å². The molecular formula is C25H20F3N5O3. The molecule has 1 saturated heterocycles.